The normalized spacial score (nSPS) is 10.9. The number of hydrogen-bond donors (Lipinski definition) is 1. The predicted molar refractivity (Wildman–Crippen MR) is 85.0 cm³/mol. The maximum Gasteiger partial charge on any atom is 0.340 e. The maximum atomic E-state index is 12.1. The van der Waals surface area contributed by atoms with Crippen LogP contribution in [0.2, 0.25) is 0 Å². The molecule has 3 aromatic rings. The topological polar surface area (TPSA) is 68.1 Å². The van der Waals surface area contributed by atoms with E-state index in [1.165, 1.54) is 11.3 Å². The van der Waals surface area contributed by atoms with Gasteiger partial charge in [0.1, 0.15) is 11.3 Å². The first-order valence-corrected chi connectivity index (χ1v) is 7.84. The summed E-state index contributed by atoms with van der Waals surface area (Å²) in [6, 6.07) is 1.87. The molecule has 3 heterocycles. The maximum absolute atomic E-state index is 12.1. The van der Waals surface area contributed by atoms with Crippen molar-refractivity contribution >= 4 is 17.3 Å². The summed E-state index contributed by atoms with van der Waals surface area (Å²) in [4.78, 5) is 19.9. The summed E-state index contributed by atoms with van der Waals surface area (Å²) < 4.78 is 10.2. The predicted octanol–water partition coefficient (Wildman–Crippen LogP) is 4.19. The summed E-state index contributed by atoms with van der Waals surface area (Å²) in [5, 5.41) is 2.85. The summed E-state index contributed by atoms with van der Waals surface area (Å²) in [5.74, 6) is -0.301. The highest BCUT2D eigenvalue weighted by molar-refractivity contribution is 7.13. The number of thiazole rings is 1. The number of nitrogens with one attached hydrogen (secondary N) is 1. The van der Waals surface area contributed by atoms with E-state index in [4.69, 9.17) is 9.15 Å². The average Bonchev–Trinajstić information content (AvgIpc) is 3.18. The SMILES string of the molecule is CCOC(=O)c1c(C)[nH]c(-c2csc(-c3ccoc3)n2)c1C. The number of aryl methyl sites for hydroxylation is 1. The molecule has 0 aliphatic rings. The molecule has 3 rings (SSSR count). The second-order valence-corrected chi connectivity index (χ2v) is 5.75. The van der Waals surface area contributed by atoms with Crippen LogP contribution in [0.4, 0.5) is 0 Å². The number of aromatic amines is 1. The molecule has 0 spiro atoms. The molecule has 5 nitrogen and oxygen atoms in total. The largest absolute Gasteiger partial charge is 0.472 e. The minimum absolute atomic E-state index is 0.301. The van der Waals surface area contributed by atoms with Crippen LogP contribution in [0.1, 0.15) is 28.5 Å². The summed E-state index contributed by atoms with van der Waals surface area (Å²) in [6.45, 7) is 5.93. The molecule has 22 heavy (non-hydrogen) atoms. The number of hydrogen-bond acceptors (Lipinski definition) is 5. The third kappa shape index (κ3) is 2.46. The Balaban J connectivity index is 1.99. The molecule has 0 aliphatic heterocycles. The lowest BCUT2D eigenvalue weighted by Crippen LogP contribution is -2.06. The van der Waals surface area contributed by atoms with Gasteiger partial charge < -0.3 is 14.1 Å². The van der Waals surface area contributed by atoms with Crippen molar-refractivity contribution in [2.75, 3.05) is 6.61 Å². The van der Waals surface area contributed by atoms with Gasteiger partial charge in [-0.05, 0) is 32.4 Å². The molecule has 0 saturated carbocycles. The minimum atomic E-state index is -0.301. The van der Waals surface area contributed by atoms with Crippen molar-refractivity contribution in [2.45, 2.75) is 20.8 Å². The Labute approximate surface area is 132 Å². The van der Waals surface area contributed by atoms with E-state index in [-0.39, 0.29) is 5.97 Å². The van der Waals surface area contributed by atoms with Crippen LogP contribution in [0.15, 0.2) is 28.4 Å². The Hall–Kier alpha value is -2.34. The van der Waals surface area contributed by atoms with E-state index in [9.17, 15) is 4.79 Å². The van der Waals surface area contributed by atoms with Gasteiger partial charge in [-0.2, -0.15) is 0 Å². The molecular formula is C16H16N2O3S. The molecule has 0 atom stereocenters. The number of furan rings is 1. The van der Waals surface area contributed by atoms with Gasteiger partial charge in [-0.3, -0.25) is 0 Å². The first kappa shape index (κ1) is 14.6. The third-order valence-corrected chi connectivity index (χ3v) is 4.34. The van der Waals surface area contributed by atoms with Crippen molar-refractivity contribution in [3.63, 3.8) is 0 Å². The second kappa shape index (κ2) is 5.81. The molecule has 114 valence electrons. The number of carbonyl (C=O) groups excluding carboxylic acids is 1. The molecule has 0 amide bonds. The van der Waals surface area contributed by atoms with Crippen LogP contribution in [0, 0.1) is 13.8 Å². The highest BCUT2D eigenvalue weighted by Gasteiger charge is 2.21. The van der Waals surface area contributed by atoms with Crippen LogP contribution in [-0.2, 0) is 4.74 Å². The van der Waals surface area contributed by atoms with Crippen molar-refractivity contribution in [3.05, 3.63) is 40.8 Å². The molecule has 3 aromatic heterocycles. The Bertz CT molecular complexity index is 800. The number of H-pyrrole nitrogens is 1. The minimum Gasteiger partial charge on any atom is -0.472 e. The molecule has 0 bridgehead atoms. The zero-order valence-corrected chi connectivity index (χ0v) is 13.4. The number of ether oxygens (including phenoxy) is 1. The lowest BCUT2D eigenvalue weighted by atomic mass is 10.1. The standard InChI is InChI=1S/C16H16N2O3S/c1-4-21-16(19)13-9(2)14(17-10(13)3)12-8-22-15(18-12)11-5-6-20-7-11/h5-8,17H,4H2,1-3H3. The van der Waals surface area contributed by atoms with Gasteiger partial charge in [0, 0.05) is 16.6 Å². The highest BCUT2D eigenvalue weighted by Crippen LogP contribution is 2.32. The first-order valence-electron chi connectivity index (χ1n) is 6.96. The van der Waals surface area contributed by atoms with E-state index < -0.39 is 0 Å². The summed E-state index contributed by atoms with van der Waals surface area (Å²) in [6.07, 6.45) is 3.29. The first-order chi connectivity index (χ1) is 10.6. The molecular weight excluding hydrogens is 300 g/mol. The van der Waals surface area contributed by atoms with Crippen molar-refractivity contribution < 1.29 is 13.9 Å². The van der Waals surface area contributed by atoms with Gasteiger partial charge in [0.05, 0.1) is 29.8 Å². The van der Waals surface area contributed by atoms with Crippen LogP contribution in [-0.4, -0.2) is 22.5 Å². The Morgan fingerprint density at radius 1 is 1.45 bits per heavy atom. The summed E-state index contributed by atoms with van der Waals surface area (Å²) in [7, 11) is 0. The highest BCUT2D eigenvalue weighted by atomic mass is 32.1. The van der Waals surface area contributed by atoms with Gasteiger partial charge in [-0.1, -0.05) is 0 Å². The lowest BCUT2D eigenvalue weighted by Gasteiger charge is -2.02. The number of esters is 1. The number of nitrogens with zero attached hydrogens (tertiary/aromatic N) is 1. The second-order valence-electron chi connectivity index (χ2n) is 4.90. The van der Waals surface area contributed by atoms with Crippen molar-refractivity contribution in [1.82, 2.24) is 9.97 Å². The fourth-order valence-corrected chi connectivity index (χ4v) is 3.22. The van der Waals surface area contributed by atoms with E-state index in [0.717, 1.165) is 33.2 Å². The Morgan fingerprint density at radius 3 is 2.95 bits per heavy atom. The quantitative estimate of drug-likeness (QED) is 0.733. The van der Waals surface area contributed by atoms with Gasteiger partial charge in [0.25, 0.3) is 0 Å². The number of aromatic nitrogens is 2. The Kier molecular flexibility index (Phi) is 3.85. The summed E-state index contributed by atoms with van der Waals surface area (Å²) >= 11 is 1.54. The average molecular weight is 316 g/mol. The van der Waals surface area contributed by atoms with Gasteiger partial charge in [-0.15, -0.1) is 11.3 Å². The monoisotopic (exact) mass is 316 g/mol. The van der Waals surface area contributed by atoms with Crippen LogP contribution >= 0.6 is 11.3 Å². The van der Waals surface area contributed by atoms with E-state index in [1.807, 2.05) is 25.3 Å². The lowest BCUT2D eigenvalue weighted by molar-refractivity contribution is 0.0525. The zero-order valence-electron chi connectivity index (χ0n) is 12.6. The van der Waals surface area contributed by atoms with Gasteiger partial charge in [0.15, 0.2) is 0 Å². The third-order valence-electron chi connectivity index (χ3n) is 3.45. The van der Waals surface area contributed by atoms with Crippen molar-refractivity contribution in [2.24, 2.45) is 0 Å². The van der Waals surface area contributed by atoms with Crippen LogP contribution in [0.5, 0.6) is 0 Å². The molecule has 0 unspecified atom stereocenters. The van der Waals surface area contributed by atoms with Crippen molar-refractivity contribution in [1.29, 1.82) is 0 Å². The number of carbonyl (C=O) groups is 1. The van der Waals surface area contributed by atoms with E-state index >= 15 is 0 Å². The molecule has 1 N–H and O–H groups in total. The summed E-state index contributed by atoms with van der Waals surface area (Å²) in [5.41, 5.74) is 4.87. The van der Waals surface area contributed by atoms with Crippen LogP contribution < -0.4 is 0 Å². The molecule has 0 fully saturated rings. The fraction of sp³-hybridized carbons (Fsp3) is 0.250. The smallest absolute Gasteiger partial charge is 0.340 e. The molecule has 6 heteroatoms. The van der Waals surface area contributed by atoms with E-state index in [1.54, 1.807) is 19.5 Å². The Morgan fingerprint density at radius 2 is 2.27 bits per heavy atom. The fourth-order valence-electron chi connectivity index (χ4n) is 2.42. The molecule has 0 aromatic carbocycles. The van der Waals surface area contributed by atoms with E-state index in [2.05, 4.69) is 9.97 Å². The van der Waals surface area contributed by atoms with Crippen LogP contribution in [0.3, 0.4) is 0 Å². The van der Waals surface area contributed by atoms with Gasteiger partial charge in [-0.25, -0.2) is 9.78 Å². The zero-order chi connectivity index (χ0) is 15.7. The molecule has 0 aliphatic carbocycles. The molecule has 0 radical (unpaired) electrons. The number of rotatable bonds is 4. The van der Waals surface area contributed by atoms with Gasteiger partial charge >= 0.3 is 5.97 Å². The van der Waals surface area contributed by atoms with Gasteiger partial charge in [0.2, 0.25) is 0 Å². The molecule has 0 saturated heterocycles. The van der Waals surface area contributed by atoms with Crippen molar-refractivity contribution in [3.8, 4) is 22.0 Å². The van der Waals surface area contributed by atoms with E-state index in [0.29, 0.717) is 12.2 Å². The van der Waals surface area contributed by atoms with Crippen LogP contribution in [0.25, 0.3) is 22.0 Å².